The Balaban J connectivity index is 2.85. The Morgan fingerprint density at radius 3 is 2.57 bits per heavy atom. The van der Waals surface area contributed by atoms with Crippen LogP contribution in [-0.4, -0.2) is 14.7 Å². The van der Waals surface area contributed by atoms with E-state index in [0.29, 0.717) is 11.5 Å². The van der Waals surface area contributed by atoms with Crippen LogP contribution in [0.25, 0.3) is 0 Å². The van der Waals surface area contributed by atoms with E-state index in [1.807, 2.05) is 20.8 Å². The lowest BCUT2D eigenvalue weighted by atomic mass is 10.3. The summed E-state index contributed by atoms with van der Waals surface area (Å²) in [6, 6.07) is 3.59. The molecule has 0 N–H and O–H groups in total. The minimum Gasteiger partial charge on any atom is -0.463 e. The first-order valence-corrected chi connectivity index (χ1v) is 5.53. The van der Waals surface area contributed by atoms with Crippen molar-refractivity contribution in [2.45, 2.75) is 32.4 Å². The Bertz CT molecular complexity index is 347. The van der Waals surface area contributed by atoms with Crippen LogP contribution >= 0.6 is 0 Å². The second kappa shape index (κ2) is 4.09. The number of hydrogen-bond donors (Lipinski definition) is 0. The first-order valence-electron chi connectivity index (χ1n) is 4.42. The Kier molecular flexibility index (Phi) is 3.26. The lowest BCUT2D eigenvalue weighted by Gasteiger charge is -2.13. The molecule has 0 unspecified atom stereocenters. The van der Waals surface area contributed by atoms with Crippen molar-refractivity contribution in [1.29, 1.82) is 0 Å². The van der Waals surface area contributed by atoms with E-state index in [4.69, 9.17) is 4.42 Å². The fourth-order valence-electron chi connectivity index (χ4n) is 0.791. The highest BCUT2D eigenvalue weighted by molar-refractivity contribution is 7.85. The van der Waals surface area contributed by atoms with Crippen LogP contribution in [0.1, 0.15) is 33.5 Å². The summed E-state index contributed by atoms with van der Waals surface area (Å²) in [5, 5.41) is 0. The van der Waals surface area contributed by atoms with E-state index < -0.39 is 11.0 Å². The highest BCUT2D eigenvalue weighted by Crippen LogP contribution is 2.14. The molecule has 0 spiro atoms. The van der Waals surface area contributed by atoms with Crippen molar-refractivity contribution in [3.05, 3.63) is 24.2 Å². The summed E-state index contributed by atoms with van der Waals surface area (Å²) in [6.07, 6.45) is 1.58. The minimum atomic E-state index is -1.22. The maximum atomic E-state index is 11.7. The average molecular weight is 213 g/mol. The minimum absolute atomic E-state index is 0.326. The van der Waals surface area contributed by atoms with Crippen molar-refractivity contribution in [3.63, 3.8) is 0 Å². The van der Waals surface area contributed by atoms with Gasteiger partial charge < -0.3 is 4.42 Å². The van der Waals surface area contributed by atoms with E-state index in [-0.39, 0.29) is 4.75 Å². The Morgan fingerprint density at radius 2 is 2.14 bits per heavy atom. The van der Waals surface area contributed by atoms with Crippen molar-refractivity contribution in [3.8, 4) is 0 Å². The molecule has 0 saturated heterocycles. The first kappa shape index (κ1) is 11.2. The van der Waals surface area contributed by atoms with E-state index >= 15 is 0 Å². The van der Waals surface area contributed by atoms with Gasteiger partial charge in [0.1, 0.15) is 16.7 Å². The normalized spacial score (nSPS) is 15.6. The molecule has 14 heavy (non-hydrogen) atoms. The van der Waals surface area contributed by atoms with E-state index in [2.05, 4.69) is 4.40 Å². The fourth-order valence-corrected chi connectivity index (χ4v) is 1.40. The van der Waals surface area contributed by atoms with Crippen molar-refractivity contribution in [2.24, 2.45) is 4.40 Å². The summed E-state index contributed by atoms with van der Waals surface area (Å²) in [7, 11) is -1.22. The second-order valence-corrected chi connectivity index (χ2v) is 5.92. The predicted molar refractivity (Wildman–Crippen MR) is 58.8 cm³/mol. The SMILES string of the molecule is C/C(=N\[S@@](=O)C(C)(C)C)c1ccco1. The van der Waals surface area contributed by atoms with Gasteiger partial charge in [-0.3, -0.25) is 0 Å². The summed E-state index contributed by atoms with van der Waals surface area (Å²) in [5.41, 5.74) is 0.670. The lowest BCUT2D eigenvalue weighted by Crippen LogP contribution is -2.20. The standard InChI is InChI=1S/C10H15NO2S/c1-8(9-6-5-7-13-9)11-14(12)10(2,3)4/h5-7H,1-4H3/b11-8+/t14-/m0/s1. The molecule has 0 fully saturated rings. The maximum absolute atomic E-state index is 11.7. The van der Waals surface area contributed by atoms with Gasteiger partial charge in [-0.15, -0.1) is 0 Å². The molecule has 0 bridgehead atoms. The van der Waals surface area contributed by atoms with Gasteiger partial charge in [0.25, 0.3) is 0 Å². The van der Waals surface area contributed by atoms with Crippen LogP contribution in [0.2, 0.25) is 0 Å². The summed E-state index contributed by atoms with van der Waals surface area (Å²) < 4.78 is 20.6. The molecule has 0 aromatic carbocycles. The largest absolute Gasteiger partial charge is 0.463 e. The molecule has 3 nitrogen and oxygen atoms in total. The molecule has 1 heterocycles. The molecule has 0 aliphatic carbocycles. The Labute approximate surface area is 86.8 Å². The molecule has 0 aliphatic rings. The number of hydrogen-bond acceptors (Lipinski definition) is 2. The zero-order valence-electron chi connectivity index (χ0n) is 8.90. The highest BCUT2D eigenvalue weighted by atomic mass is 32.2. The van der Waals surface area contributed by atoms with Crippen LogP contribution in [0.4, 0.5) is 0 Å². The first-order chi connectivity index (χ1) is 6.41. The second-order valence-electron chi connectivity index (χ2n) is 4.02. The molecule has 0 saturated carbocycles. The smallest absolute Gasteiger partial charge is 0.148 e. The maximum Gasteiger partial charge on any atom is 0.148 e. The van der Waals surface area contributed by atoms with Gasteiger partial charge in [0, 0.05) is 0 Å². The van der Waals surface area contributed by atoms with Gasteiger partial charge in [0.05, 0.1) is 16.7 Å². The number of nitrogens with zero attached hydrogens (tertiary/aromatic N) is 1. The zero-order valence-corrected chi connectivity index (χ0v) is 9.72. The molecule has 1 rings (SSSR count). The summed E-state index contributed by atoms with van der Waals surface area (Å²) in [6.45, 7) is 7.47. The molecule has 4 heteroatoms. The van der Waals surface area contributed by atoms with Gasteiger partial charge in [0.2, 0.25) is 0 Å². The molecule has 0 amide bonds. The van der Waals surface area contributed by atoms with E-state index in [1.54, 1.807) is 25.3 Å². The van der Waals surface area contributed by atoms with Gasteiger partial charge in [-0.2, -0.15) is 4.40 Å². The van der Waals surface area contributed by atoms with Crippen LogP contribution in [-0.2, 0) is 11.0 Å². The molecular weight excluding hydrogens is 198 g/mol. The summed E-state index contributed by atoms with van der Waals surface area (Å²) >= 11 is 0. The molecular formula is C10H15NO2S. The van der Waals surface area contributed by atoms with Crippen LogP contribution in [0.15, 0.2) is 27.2 Å². The van der Waals surface area contributed by atoms with Gasteiger partial charge >= 0.3 is 0 Å². The van der Waals surface area contributed by atoms with E-state index in [9.17, 15) is 4.21 Å². The molecule has 78 valence electrons. The monoisotopic (exact) mass is 213 g/mol. The van der Waals surface area contributed by atoms with Crippen LogP contribution in [0, 0.1) is 0 Å². The fraction of sp³-hybridized carbons (Fsp3) is 0.500. The third-order valence-electron chi connectivity index (χ3n) is 1.62. The van der Waals surface area contributed by atoms with Gasteiger partial charge in [0.15, 0.2) is 0 Å². The molecule has 0 aliphatic heterocycles. The van der Waals surface area contributed by atoms with Gasteiger partial charge in [-0.05, 0) is 39.8 Å². The van der Waals surface area contributed by atoms with Crippen molar-refractivity contribution >= 4 is 16.7 Å². The lowest BCUT2D eigenvalue weighted by molar-refractivity contribution is 0.557. The predicted octanol–water partition coefficient (Wildman–Crippen LogP) is 2.55. The number of furan rings is 1. The number of rotatable bonds is 2. The van der Waals surface area contributed by atoms with Crippen molar-refractivity contribution < 1.29 is 8.63 Å². The van der Waals surface area contributed by atoms with E-state index in [1.165, 1.54) is 0 Å². The van der Waals surface area contributed by atoms with Crippen molar-refractivity contribution in [2.75, 3.05) is 0 Å². The van der Waals surface area contributed by atoms with Crippen LogP contribution < -0.4 is 0 Å². The van der Waals surface area contributed by atoms with Gasteiger partial charge in [-0.25, -0.2) is 4.21 Å². The Morgan fingerprint density at radius 1 is 1.50 bits per heavy atom. The topological polar surface area (TPSA) is 42.6 Å². The zero-order chi connectivity index (χ0) is 10.8. The highest BCUT2D eigenvalue weighted by Gasteiger charge is 2.19. The van der Waals surface area contributed by atoms with Crippen LogP contribution in [0.3, 0.4) is 0 Å². The van der Waals surface area contributed by atoms with Crippen LogP contribution in [0.5, 0.6) is 0 Å². The molecule has 1 aromatic heterocycles. The summed E-state index contributed by atoms with van der Waals surface area (Å²) in [5.74, 6) is 0.669. The van der Waals surface area contributed by atoms with Crippen molar-refractivity contribution in [1.82, 2.24) is 0 Å². The molecule has 0 radical (unpaired) electrons. The average Bonchev–Trinajstić information content (AvgIpc) is 2.53. The Hall–Kier alpha value is -0.900. The molecule has 1 atom stereocenters. The quantitative estimate of drug-likeness (QED) is 0.708. The summed E-state index contributed by atoms with van der Waals surface area (Å²) in [4.78, 5) is 0. The third-order valence-corrected chi connectivity index (χ3v) is 3.11. The van der Waals surface area contributed by atoms with E-state index in [0.717, 1.165) is 0 Å². The molecule has 1 aromatic rings. The third kappa shape index (κ3) is 2.80. The van der Waals surface area contributed by atoms with Gasteiger partial charge in [-0.1, -0.05) is 0 Å².